The minimum atomic E-state index is -0.312. The van der Waals surface area contributed by atoms with Crippen molar-refractivity contribution in [3.05, 3.63) is 55.9 Å². The summed E-state index contributed by atoms with van der Waals surface area (Å²) >= 11 is 4.60. The van der Waals surface area contributed by atoms with Crippen LogP contribution in [0.4, 0.5) is 4.39 Å². The summed E-state index contributed by atoms with van der Waals surface area (Å²) in [5, 5.41) is 0. The van der Waals surface area contributed by atoms with Crippen LogP contribution in [0.15, 0.2) is 34.8 Å². The molecule has 0 radical (unpaired) electrons. The molecule has 0 saturated heterocycles. The van der Waals surface area contributed by atoms with Gasteiger partial charge in [0, 0.05) is 11.3 Å². The van der Waals surface area contributed by atoms with Crippen molar-refractivity contribution in [3.63, 3.8) is 0 Å². The zero-order chi connectivity index (χ0) is 12.4. The van der Waals surface area contributed by atoms with E-state index in [-0.39, 0.29) is 11.6 Å². The second-order valence-electron chi connectivity index (χ2n) is 3.76. The fourth-order valence-electron chi connectivity index (χ4n) is 1.51. The lowest BCUT2D eigenvalue weighted by atomic mass is 10.1. The van der Waals surface area contributed by atoms with Crippen LogP contribution in [0, 0.1) is 12.7 Å². The van der Waals surface area contributed by atoms with Gasteiger partial charge in [-0.05, 0) is 52.7 Å². The number of Topliss-reactive ketones (excluding diaryl/α,β-unsaturated/α-hetero) is 1. The van der Waals surface area contributed by atoms with Gasteiger partial charge in [-0.25, -0.2) is 4.39 Å². The Morgan fingerprint density at radius 3 is 2.71 bits per heavy atom. The van der Waals surface area contributed by atoms with Crippen molar-refractivity contribution < 1.29 is 9.18 Å². The molecule has 0 unspecified atom stereocenters. The molecule has 4 heteroatoms. The fourth-order valence-corrected chi connectivity index (χ4v) is 2.74. The Kier molecular flexibility index (Phi) is 3.74. The van der Waals surface area contributed by atoms with E-state index in [2.05, 4.69) is 15.9 Å². The van der Waals surface area contributed by atoms with Crippen LogP contribution in [0.1, 0.15) is 20.1 Å². The van der Waals surface area contributed by atoms with Crippen molar-refractivity contribution in [2.24, 2.45) is 0 Å². The molecule has 0 saturated carbocycles. The summed E-state index contributed by atoms with van der Waals surface area (Å²) in [6.07, 6.45) is 0.304. The molecule has 88 valence electrons. The second-order valence-corrected chi connectivity index (χ2v) is 5.90. The first-order valence-corrected chi connectivity index (χ1v) is 6.71. The molecule has 2 rings (SSSR count). The van der Waals surface area contributed by atoms with E-state index >= 15 is 0 Å². The van der Waals surface area contributed by atoms with E-state index in [4.69, 9.17) is 0 Å². The molecule has 1 aromatic heterocycles. The van der Waals surface area contributed by atoms with Crippen LogP contribution in [0.3, 0.4) is 0 Å². The van der Waals surface area contributed by atoms with Gasteiger partial charge in [0.2, 0.25) is 0 Å². The molecule has 1 aromatic carbocycles. The van der Waals surface area contributed by atoms with Gasteiger partial charge < -0.3 is 0 Å². The summed E-state index contributed by atoms with van der Waals surface area (Å²) in [6, 6.07) is 8.41. The fraction of sp³-hybridized carbons (Fsp3) is 0.154. The largest absolute Gasteiger partial charge is 0.293 e. The van der Waals surface area contributed by atoms with Gasteiger partial charge in [-0.2, -0.15) is 0 Å². The minimum absolute atomic E-state index is 0.0709. The molecule has 0 atom stereocenters. The first kappa shape index (κ1) is 12.5. The Labute approximate surface area is 111 Å². The Bertz CT molecular complexity index is 562. The number of ketones is 1. The molecule has 0 amide bonds. The Balaban J connectivity index is 2.15. The van der Waals surface area contributed by atoms with E-state index in [1.165, 1.54) is 17.4 Å². The zero-order valence-corrected chi connectivity index (χ0v) is 11.6. The summed E-state index contributed by atoms with van der Waals surface area (Å²) in [5.74, 6) is -0.241. The lowest BCUT2D eigenvalue weighted by Crippen LogP contribution is -2.01. The smallest absolute Gasteiger partial charge is 0.177 e. The van der Waals surface area contributed by atoms with E-state index in [0.717, 1.165) is 15.3 Å². The third kappa shape index (κ3) is 3.01. The molecule has 2 aromatic rings. The Morgan fingerprint density at radius 1 is 1.35 bits per heavy atom. The lowest BCUT2D eigenvalue weighted by molar-refractivity contribution is 0.0997. The predicted molar refractivity (Wildman–Crippen MR) is 71.2 cm³/mol. The molecule has 0 aliphatic heterocycles. The van der Waals surface area contributed by atoms with Crippen molar-refractivity contribution in [2.75, 3.05) is 0 Å². The average molecular weight is 313 g/mol. The number of halogens is 2. The highest BCUT2D eigenvalue weighted by molar-refractivity contribution is 9.10. The normalized spacial score (nSPS) is 10.5. The zero-order valence-electron chi connectivity index (χ0n) is 9.17. The van der Waals surface area contributed by atoms with Crippen molar-refractivity contribution in [1.82, 2.24) is 0 Å². The average Bonchev–Trinajstić information content (AvgIpc) is 2.70. The molecule has 0 fully saturated rings. The van der Waals surface area contributed by atoms with Gasteiger partial charge >= 0.3 is 0 Å². The first-order valence-electron chi connectivity index (χ1n) is 5.10. The molecule has 0 bridgehead atoms. The summed E-state index contributed by atoms with van der Waals surface area (Å²) in [6.45, 7) is 1.97. The molecule has 0 aliphatic carbocycles. The van der Waals surface area contributed by atoms with Crippen molar-refractivity contribution in [1.29, 1.82) is 0 Å². The highest BCUT2D eigenvalue weighted by atomic mass is 79.9. The van der Waals surface area contributed by atoms with Gasteiger partial charge in [0.1, 0.15) is 5.82 Å². The van der Waals surface area contributed by atoms with Gasteiger partial charge in [0.15, 0.2) is 5.78 Å². The molecule has 1 heterocycles. The van der Waals surface area contributed by atoms with E-state index in [1.807, 2.05) is 19.1 Å². The number of hydrogen-bond acceptors (Lipinski definition) is 2. The number of carbonyl (C=O) groups excluding carboxylic acids is 1. The van der Waals surface area contributed by atoms with Gasteiger partial charge in [-0.15, -0.1) is 11.3 Å². The van der Waals surface area contributed by atoms with Gasteiger partial charge in [-0.1, -0.05) is 6.07 Å². The maximum absolute atomic E-state index is 13.0. The predicted octanol–water partition coefficient (Wildman–Crippen LogP) is 4.38. The number of rotatable bonds is 3. The standard InChI is InChI=1S/C13H10BrFOS/c1-8-2-5-13(17-8)12(16)7-9-3-4-11(15)10(14)6-9/h2-6H,7H2,1H3. The number of hydrogen-bond donors (Lipinski definition) is 0. The van der Waals surface area contributed by atoms with Crippen molar-refractivity contribution >= 4 is 33.0 Å². The molecular formula is C13H10BrFOS. The topological polar surface area (TPSA) is 17.1 Å². The molecular weight excluding hydrogens is 303 g/mol. The van der Waals surface area contributed by atoms with Crippen LogP contribution in [0.25, 0.3) is 0 Å². The van der Waals surface area contributed by atoms with Crippen LogP contribution in [-0.4, -0.2) is 5.78 Å². The maximum Gasteiger partial charge on any atom is 0.177 e. The van der Waals surface area contributed by atoms with Crippen LogP contribution in [0.2, 0.25) is 0 Å². The summed E-state index contributed by atoms with van der Waals surface area (Å²) in [4.78, 5) is 13.8. The third-order valence-electron chi connectivity index (χ3n) is 2.36. The molecule has 0 aliphatic rings. The van der Waals surface area contributed by atoms with Crippen molar-refractivity contribution in [2.45, 2.75) is 13.3 Å². The lowest BCUT2D eigenvalue weighted by Gasteiger charge is -2.01. The van der Waals surface area contributed by atoms with E-state index in [1.54, 1.807) is 12.1 Å². The third-order valence-corrected chi connectivity index (χ3v) is 4.01. The summed E-state index contributed by atoms with van der Waals surface area (Å²) < 4.78 is 13.4. The molecule has 17 heavy (non-hydrogen) atoms. The first-order chi connectivity index (χ1) is 8.06. The van der Waals surface area contributed by atoms with Gasteiger partial charge in [-0.3, -0.25) is 4.79 Å². The SMILES string of the molecule is Cc1ccc(C(=O)Cc2ccc(F)c(Br)c2)s1. The number of thiophene rings is 1. The van der Waals surface area contributed by atoms with Gasteiger partial charge in [0.25, 0.3) is 0 Å². The molecule has 0 N–H and O–H groups in total. The number of benzene rings is 1. The maximum atomic E-state index is 13.0. The Morgan fingerprint density at radius 2 is 2.12 bits per heavy atom. The van der Waals surface area contributed by atoms with Crippen LogP contribution < -0.4 is 0 Å². The highest BCUT2D eigenvalue weighted by Gasteiger charge is 2.10. The molecule has 1 nitrogen and oxygen atoms in total. The number of aryl methyl sites for hydroxylation is 1. The van der Waals surface area contributed by atoms with E-state index in [9.17, 15) is 9.18 Å². The van der Waals surface area contributed by atoms with Gasteiger partial charge in [0.05, 0.1) is 9.35 Å². The minimum Gasteiger partial charge on any atom is -0.293 e. The van der Waals surface area contributed by atoms with E-state index < -0.39 is 0 Å². The van der Waals surface area contributed by atoms with Crippen molar-refractivity contribution in [3.8, 4) is 0 Å². The summed E-state index contributed by atoms with van der Waals surface area (Å²) in [5.41, 5.74) is 0.814. The van der Waals surface area contributed by atoms with Crippen LogP contribution in [-0.2, 0) is 6.42 Å². The Hall–Kier alpha value is -1.00. The highest BCUT2D eigenvalue weighted by Crippen LogP contribution is 2.20. The van der Waals surface area contributed by atoms with Crippen LogP contribution in [0.5, 0.6) is 0 Å². The van der Waals surface area contributed by atoms with E-state index in [0.29, 0.717) is 10.9 Å². The number of carbonyl (C=O) groups is 1. The second kappa shape index (κ2) is 5.10. The summed E-state index contributed by atoms with van der Waals surface area (Å²) in [7, 11) is 0. The monoisotopic (exact) mass is 312 g/mol. The molecule has 0 spiro atoms. The quantitative estimate of drug-likeness (QED) is 0.768. The van der Waals surface area contributed by atoms with Crippen LogP contribution >= 0.6 is 27.3 Å².